The van der Waals surface area contributed by atoms with E-state index in [1.54, 1.807) is 0 Å². The van der Waals surface area contributed by atoms with Crippen LogP contribution in [0.1, 0.15) is 38.2 Å². The van der Waals surface area contributed by atoms with Gasteiger partial charge in [0.2, 0.25) is 10.0 Å². The Morgan fingerprint density at radius 2 is 1.96 bits per heavy atom. The molecular weight excluding hydrogens is 327 g/mol. The number of nitrogens with one attached hydrogen (secondary N) is 1. The minimum absolute atomic E-state index is 0.259. The Morgan fingerprint density at radius 1 is 1.22 bits per heavy atom. The van der Waals surface area contributed by atoms with Crippen molar-refractivity contribution in [2.24, 2.45) is 17.8 Å². The highest BCUT2D eigenvalue weighted by atomic mass is 32.2. The van der Waals surface area contributed by atoms with Gasteiger partial charge in [-0.2, -0.15) is 13.2 Å². The minimum Gasteiger partial charge on any atom is -0.208 e. The molecule has 0 aromatic heterocycles. The van der Waals surface area contributed by atoms with Gasteiger partial charge in [0.1, 0.15) is 0 Å². The number of rotatable bonds is 4. The third kappa shape index (κ3) is 3.40. The van der Waals surface area contributed by atoms with E-state index in [2.05, 4.69) is 4.72 Å². The van der Waals surface area contributed by atoms with E-state index in [1.165, 1.54) is 12.5 Å². The molecule has 2 aliphatic carbocycles. The first-order valence-electron chi connectivity index (χ1n) is 7.86. The number of halogens is 3. The smallest absolute Gasteiger partial charge is 0.208 e. The molecule has 23 heavy (non-hydrogen) atoms. The normalized spacial score (nSPS) is 29.0. The summed E-state index contributed by atoms with van der Waals surface area (Å²) in [5.74, 6) is 1.51. The molecule has 0 spiro atoms. The van der Waals surface area contributed by atoms with Gasteiger partial charge in [-0.3, -0.25) is 0 Å². The lowest BCUT2D eigenvalue weighted by molar-refractivity contribution is -0.137. The summed E-state index contributed by atoms with van der Waals surface area (Å²) >= 11 is 0. The van der Waals surface area contributed by atoms with Crippen LogP contribution < -0.4 is 4.72 Å². The molecule has 0 aliphatic heterocycles. The lowest BCUT2D eigenvalue weighted by Crippen LogP contribution is -2.40. The molecule has 7 heteroatoms. The molecule has 0 unspecified atom stereocenters. The highest BCUT2D eigenvalue weighted by Crippen LogP contribution is 2.49. The van der Waals surface area contributed by atoms with Gasteiger partial charge in [0.25, 0.3) is 0 Å². The number of hydrogen-bond acceptors (Lipinski definition) is 2. The van der Waals surface area contributed by atoms with Gasteiger partial charge in [-0.15, -0.1) is 0 Å². The SMILES string of the molecule is C[C@@H](NS(=O)(=O)c1cccc(C(F)(F)F)c1)[C@H]1C[C@H]2CC[C@H]1C2. The molecule has 2 saturated carbocycles. The summed E-state index contributed by atoms with van der Waals surface area (Å²) in [7, 11) is -3.95. The van der Waals surface area contributed by atoms with Crippen LogP contribution in [0.25, 0.3) is 0 Å². The average Bonchev–Trinajstić information content (AvgIpc) is 3.09. The number of hydrogen-bond donors (Lipinski definition) is 1. The zero-order valence-corrected chi connectivity index (χ0v) is 13.6. The third-order valence-corrected chi connectivity index (χ3v) is 6.80. The van der Waals surface area contributed by atoms with Crippen molar-refractivity contribution in [2.75, 3.05) is 0 Å². The van der Waals surface area contributed by atoms with Crippen LogP contribution in [0.15, 0.2) is 29.2 Å². The molecule has 1 aromatic carbocycles. The van der Waals surface area contributed by atoms with Gasteiger partial charge in [-0.05, 0) is 62.1 Å². The van der Waals surface area contributed by atoms with Crippen molar-refractivity contribution in [3.63, 3.8) is 0 Å². The van der Waals surface area contributed by atoms with Crippen LogP contribution in [0.5, 0.6) is 0 Å². The van der Waals surface area contributed by atoms with Gasteiger partial charge in [-0.25, -0.2) is 13.1 Å². The maximum Gasteiger partial charge on any atom is 0.416 e. The summed E-state index contributed by atoms with van der Waals surface area (Å²) in [5, 5.41) is 0. The first-order chi connectivity index (χ1) is 10.7. The van der Waals surface area contributed by atoms with Crippen molar-refractivity contribution in [1.29, 1.82) is 0 Å². The minimum atomic E-state index is -4.55. The van der Waals surface area contributed by atoms with Gasteiger partial charge in [-0.1, -0.05) is 12.5 Å². The quantitative estimate of drug-likeness (QED) is 0.900. The van der Waals surface area contributed by atoms with Crippen molar-refractivity contribution < 1.29 is 21.6 Å². The predicted molar refractivity (Wildman–Crippen MR) is 80.2 cm³/mol. The molecule has 1 aromatic rings. The molecule has 2 bridgehead atoms. The summed E-state index contributed by atoms with van der Waals surface area (Å²) < 4.78 is 65.6. The third-order valence-electron chi connectivity index (χ3n) is 5.25. The van der Waals surface area contributed by atoms with E-state index in [9.17, 15) is 21.6 Å². The van der Waals surface area contributed by atoms with E-state index < -0.39 is 21.8 Å². The molecule has 1 N–H and O–H groups in total. The predicted octanol–water partition coefficient (Wildman–Crippen LogP) is 3.81. The van der Waals surface area contributed by atoms with Crippen molar-refractivity contribution in [3.05, 3.63) is 29.8 Å². The van der Waals surface area contributed by atoms with Crippen LogP contribution in [0.3, 0.4) is 0 Å². The molecule has 0 radical (unpaired) electrons. The molecule has 0 amide bonds. The number of fused-ring (bicyclic) bond motifs is 2. The fraction of sp³-hybridized carbons (Fsp3) is 0.625. The van der Waals surface area contributed by atoms with Crippen molar-refractivity contribution in [2.45, 2.75) is 49.7 Å². The zero-order valence-electron chi connectivity index (χ0n) is 12.8. The molecule has 2 fully saturated rings. The second kappa shape index (κ2) is 5.77. The maximum atomic E-state index is 12.8. The first-order valence-corrected chi connectivity index (χ1v) is 9.35. The van der Waals surface area contributed by atoms with Gasteiger partial charge >= 0.3 is 6.18 Å². The topological polar surface area (TPSA) is 46.2 Å². The number of benzene rings is 1. The highest BCUT2D eigenvalue weighted by molar-refractivity contribution is 7.89. The largest absolute Gasteiger partial charge is 0.416 e. The van der Waals surface area contributed by atoms with Gasteiger partial charge in [0, 0.05) is 6.04 Å². The van der Waals surface area contributed by atoms with Crippen molar-refractivity contribution >= 4 is 10.0 Å². The summed E-state index contributed by atoms with van der Waals surface area (Å²) in [6, 6.07) is 3.63. The Labute approximate surface area is 134 Å². The summed E-state index contributed by atoms with van der Waals surface area (Å²) in [4.78, 5) is -0.331. The second-order valence-electron chi connectivity index (χ2n) is 6.77. The van der Waals surface area contributed by atoms with E-state index in [4.69, 9.17) is 0 Å². The van der Waals surface area contributed by atoms with E-state index in [0.717, 1.165) is 31.4 Å². The monoisotopic (exact) mass is 347 g/mol. The van der Waals surface area contributed by atoms with Crippen molar-refractivity contribution in [3.8, 4) is 0 Å². The summed E-state index contributed by atoms with van der Waals surface area (Å²) in [5.41, 5.74) is -0.951. The van der Waals surface area contributed by atoms with Crippen LogP contribution >= 0.6 is 0 Å². The Kier molecular flexibility index (Phi) is 4.21. The lowest BCUT2D eigenvalue weighted by atomic mass is 9.84. The molecule has 4 atom stereocenters. The Bertz CT molecular complexity index is 687. The fourth-order valence-electron chi connectivity index (χ4n) is 4.15. The van der Waals surface area contributed by atoms with E-state index >= 15 is 0 Å². The molecule has 0 saturated heterocycles. The average molecular weight is 347 g/mol. The zero-order chi connectivity index (χ0) is 16.8. The Balaban J connectivity index is 1.76. The van der Waals surface area contributed by atoms with Crippen LogP contribution in [-0.4, -0.2) is 14.5 Å². The number of alkyl halides is 3. The van der Waals surface area contributed by atoms with Crippen LogP contribution in [0.4, 0.5) is 13.2 Å². The Morgan fingerprint density at radius 3 is 2.52 bits per heavy atom. The van der Waals surface area contributed by atoms with E-state index in [1.807, 2.05) is 6.92 Å². The van der Waals surface area contributed by atoms with Gasteiger partial charge < -0.3 is 0 Å². The maximum absolute atomic E-state index is 12.8. The number of sulfonamides is 1. The summed E-state index contributed by atoms with van der Waals surface area (Å²) in [6.07, 6.45) is -0.0434. The second-order valence-corrected chi connectivity index (χ2v) is 8.49. The van der Waals surface area contributed by atoms with Crippen LogP contribution in [0.2, 0.25) is 0 Å². The highest BCUT2D eigenvalue weighted by Gasteiger charge is 2.42. The van der Waals surface area contributed by atoms with E-state index in [-0.39, 0.29) is 16.9 Å². The van der Waals surface area contributed by atoms with E-state index in [0.29, 0.717) is 17.9 Å². The van der Waals surface area contributed by atoms with Gasteiger partial charge in [0.15, 0.2) is 0 Å². The van der Waals surface area contributed by atoms with Crippen LogP contribution in [0, 0.1) is 17.8 Å². The van der Waals surface area contributed by atoms with Crippen molar-refractivity contribution in [1.82, 2.24) is 4.72 Å². The standard InChI is InChI=1S/C16H20F3NO2S/c1-10(15-8-11-5-6-12(15)7-11)20-23(21,22)14-4-2-3-13(9-14)16(17,18)19/h2-4,9-12,15,20H,5-8H2,1H3/t10-,11+,12+,15-/m1/s1. The summed E-state index contributed by atoms with van der Waals surface area (Å²) in [6.45, 7) is 1.82. The first kappa shape index (κ1) is 16.8. The molecule has 3 nitrogen and oxygen atoms in total. The molecular formula is C16H20F3NO2S. The molecule has 128 valence electrons. The Hall–Kier alpha value is -1.08. The molecule has 2 aliphatic rings. The fourth-order valence-corrected chi connectivity index (χ4v) is 5.49. The molecule has 0 heterocycles. The molecule has 3 rings (SSSR count). The van der Waals surface area contributed by atoms with Crippen LogP contribution in [-0.2, 0) is 16.2 Å². The lowest BCUT2D eigenvalue weighted by Gasteiger charge is -2.28. The van der Waals surface area contributed by atoms with Gasteiger partial charge in [0.05, 0.1) is 10.5 Å².